The van der Waals surface area contributed by atoms with E-state index in [0.717, 1.165) is 0 Å². The fourth-order valence-corrected chi connectivity index (χ4v) is 2.67. The summed E-state index contributed by atoms with van der Waals surface area (Å²) < 4.78 is 10.4. The number of pyridine rings is 1. The zero-order chi connectivity index (χ0) is 19.8. The first-order chi connectivity index (χ1) is 13.0. The molecule has 1 amide bonds. The van der Waals surface area contributed by atoms with Crippen LogP contribution < -0.4 is 10.2 Å². The Bertz CT molecular complexity index is 890. The van der Waals surface area contributed by atoms with Gasteiger partial charge in [-0.25, -0.2) is 10.4 Å². The molecule has 0 bridgehead atoms. The van der Waals surface area contributed by atoms with Gasteiger partial charge in [-0.1, -0.05) is 29.3 Å². The number of nitriles is 1. The van der Waals surface area contributed by atoms with Gasteiger partial charge in [-0.05, 0) is 25.1 Å². The third kappa shape index (κ3) is 5.66. The molecule has 1 aromatic heterocycles. The van der Waals surface area contributed by atoms with Gasteiger partial charge in [0, 0.05) is 23.9 Å². The summed E-state index contributed by atoms with van der Waals surface area (Å²) in [5.74, 6) is -0.465. The van der Waals surface area contributed by atoms with E-state index in [1.807, 2.05) is 6.07 Å². The summed E-state index contributed by atoms with van der Waals surface area (Å²) in [4.78, 5) is 16.1. The van der Waals surface area contributed by atoms with E-state index in [2.05, 4.69) is 15.5 Å². The number of hydrogen-bond donors (Lipinski definition) is 1. The first-order valence-electron chi connectivity index (χ1n) is 7.74. The highest BCUT2D eigenvalue weighted by atomic mass is 35.5. The molecule has 140 valence electrons. The van der Waals surface area contributed by atoms with Crippen molar-refractivity contribution < 1.29 is 14.3 Å². The molecule has 0 aliphatic heterocycles. The Balaban J connectivity index is 2.02. The first-order valence-corrected chi connectivity index (χ1v) is 8.50. The Morgan fingerprint density at radius 1 is 1.41 bits per heavy atom. The molecule has 0 saturated carbocycles. The lowest BCUT2D eigenvalue weighted by atomic mass is 10.1. The number of hydrogen-bond acceptors (Lipinski definition) is 6. The molecular weight excluding hydrogens is 391 g/mol. The Labute approximate surface area is 166 Å². The normalized spacial score (nSPS) is 10.6. The van der Waals surface area contributed by atoms with Gasteiger partial charge in [0.1, 0.15) is 11.6 Å². The van der Waals surface area contributed by atoms with Crippen LogP contribution in [0.4, 0.5) is 0 Å². The number of ether oxygens (including phenoxy) is 2. The maximum Gasteiger partial charge on any atom is 0.278 e. The van der Waals surface area contributed by atoms with Crippen molar-refractivity contribution in [3.8, 4) is 11.9 Å². The summed E-state index contributed by atoms with van der Waals surface area (Å²) in [5, 5.41) is 13.9. The molecule has 0 saturated heterocycles. The van der Waals surface area contributed by atoms with E-state index in [1.54, 1.807) is 31.2 Å². The molecule has 0 aliphatic carbocycles. The van der Waals surface area contributed by atoms with E-state index in [4.69, 9.17) is 32.7 Å². The van der Waals surface area contributed by atoms with Crippen molar-refractivity contribution in [2.24, 2.45) is 5.10 Å². The molecule has 0 spiro atoms. The monoisotopic (exact) mass is 406 g/mol. The Morgan fingerprint density at radius 3 is 2.74 bits per heavy atom. The predicted molar refractivity (Wildman–Crippen MR) is 102 cm³/mol. The van der Waals surface area contributed by atoms with Gasteiger partial charge < -0.3 is 9.47 Å². The Hall–Kier alpha value is -2.66. The van der Waals surface area contributed by atoms with Gasteiger partial charge in [0.25, 0.3) is 5.91 Å². The number of rotatable bonds is 7. The lowest BCUT2D eigenvalue weighted by Gasteiger charge is -2.10. The van der Waals surface area contributed by atoms with Crippen molar-refractivity contribution in [2.75, 3.05) is 13.7 Å². The molecule has 27 heavy (non-hydrogen) atoms. The number of methoxy groups -OCH3 is 1. The molecule has 0 radical (unpaired) electrons. The van der Waals surface area contributed by atoms with Gasteiger partial charge in [0.2, 0.25) is 5.88 Å². The average molecular weight is 407 g/mol. The zero-order valence-corrected chi connectivity index (χ0v) is 16.1. The van der Waals surface area contributed by atoms with E-state index in [9.17, 15) is 10.1 Å². The third-order valence-electron chi connectivity index (χ3n) is 3.33. The smallest absolute Gasteiger partial charge is 0.278 e. The first kappa shape index (κ1) is 20.6. The molecule has 1 heterocycles. The zero-order valence-electron chi connectivity index (χ0n) is 14.6. The van der Waals surface area contributed by atoms with E-state index >= 15 is 0 Å². The lowest BCUT2D eigenvalue weighted by Crippen LogP contribution is -2.25. The minimum atomic E-state index is -0.532. The minimum Gasteiger partial charge on any atom is -0.467 e. The topological polar surface area (TPSA) is 96.6 Å². The van der Waals surface area contributed by atoms with Crippen LogP contribution in [0.3, 0.4) is 0 Å². The molecule has 2 rings (SSSR count). The number of benzene rings is 1. The average Bonchev–Trinajstić information content (AvgIpc) is 2.62. The molecule has 0 aliphatic rings. The fourth-order valence-electron chi connectivity index (χ4n) is 2.17. The number of carbonyl (C=O) groups excluding carboxylic acids is 1. The number of carbonyl (C=O) groups is 1. The van der Waals surface area contributed by atoms with Gasteiger partial charge in [-0.2, -0.15) is 10.4 Å². The Morgan fingerprint density at radius 2 is 2.11 bits per heavy atom. The van der Waals surface area contributed by atoms with Crippen LogP contribution in [-0.2, 0) is 16.1 Å². The standard InChI is InChI=1S/C18H16Cl2N4O3/c1-11-6-12(9-26-2)13(7-21)18(23-11)27-10-17(25)24-22-8-14-15(19)4-3-5-16(14)20/h3-6,8H,9-10H2,1-2H3,(H,24,25)/b22-8-. The number of aromatic nitrogens is 1. The molecular formula is C18H16Cl2N4O3. The van der Waals surface area contributed by atoms with Crippen LogP contribution >= 0.6 is 23.2 Å². The molecule has 2 aromatic rings. The van der Waals surface area contributed by atoms with Gasteiger partial charge in [0.15, 0.2) is 6.61 Å². The third-order valence-corrected chi connectivity index (χ3v) is 3.99. The van der Waals surface area contributed by atoms with Crippen LogP contribution in [-0.4, -0.2) is 30.8 Å². The maximum atomic E-state index is 11.9. The van der Waals surface area contributed by atoms with Crippen molar-refractivity contribution in [3.63, 3.8) is 0 Å². The second-order valence-corrected chi connectivity index (χ2v) is 6.18. The highest BCUT2D eigenvalue weighted by Gasteiger charge is 2.14. The second kappa shape index (κ2) is 9.88. The van der Waals surface area contributed by atoms with Crippen molar-refractivity contribution in [3.05, 3.63) is 56.7 Å². The minimum absolute atomic E-state index is 0.0674. The van der Waals surface area contributed by atoms with E-state index in [1.165, 1.54) is 13.3 Å². The molecule has 1 N–H and O–H groups in total. The van der Waals surface area contributed by atoms with Gasteiger partial charge >= 0.3 is 0 Å². The van der Waals surface area contributed by atoms with E-state index in [-0.39, 0.29) is 24.7 Å². The molecule has 0 unspecified atom stereocenters. The fraction of sp³-hybridized carbons (Fsp3) is 0.222. The van der Waals surface area contributed by atoms with Gasteiger partial charge in [-0.15, -0.1) is 0 Å². The second-order valence-electron chi connectivity index (χ2n) is 5.36. The van der Waals surface area contributed by atoms with Crippen LogP contribution in [0.25, 0.3) is 0 Å². The number of aryl methyl sites for hydroxylation is 1. The number of nitrogens with one attached hydrogen (secondary N) is 1. The SMILES string of the molecule is COCc1cc(C)nc(OCC(=O)N/N=C\c2c(Cl)cccc2Cl)c1C#N. The summed E-state index contributed by atoms with van der Waals surface area (Å²) in [7, 11) is 1.52. The summed E-state index contributed by atoms with van der Waals surface area (Å²) in [6.07, 6.45) is 1.34. The van der Waals surface area contributed by atoms with Crippen LogP contribution in [0.15, 0.2) is 29.4 Å². The maximum absolute atomic E-state index is 11.9. The van der Waals surface area contributed by atoms with Crippen LogP contribution in [0.1, 0.15) is 22.4 Å². The van der Waals surface area contributed by atoms with E-state index < -0.39 is 5.91 Å². The quantitative estimate of drug-likeness (QED) is 0.562. The molecule has 0 fully saturated rings. The largest absolute Gasteiger partial charge is 0.467 e. The van der Waals surface area contributed by atoms with Crippen molar-refractivity contribution >= 4 is 35.3 Å². The van der Waals surface area contributed by atoms with Crippen LogP contribution in [0, 0.1) is 18.3 Å². The molecule has 9 heteroatoms. The summed E-state index contributed by atoms with van der Waals surface area (Å²) in [5.41, 5.74) is 4.28. The number of halogens is 2. The predicted octanol–water partition coefficient (Wildman–Crippen LogP) is 3.24. The number of amides is 1. The van der Waals surface area contributed by atoms with Crippen LogP contribution in [0.2, 0.25) is 10.0 Å². The highest BCUT2D eigenvalue weighted by Crippen LogP contribution is 2.22. The summed E-state index contributed by atoms with van der Waals surface area (Å²) in [6.45, 7) is 1.62. The molecule has 1 aromatic carbocycles. The van der Waals surface area contributed by atoms with Crippen LogP contribution in [0.5, 0.6) is 5.88 Å². The number of nitrogens with zero attached hydrogens (tertiary/aromatic N) is 3. The molecule has 7 nitrogen and oxygen atoms in total. The van der Waals surface area contributed by atoms with Crippen molar-refractivity contribution in [1.29, 1.82) is 5.26 Å². The number of hydrazone groups is 1. The Kier molecular flexibility index (Phi) is 7.55. The van der Waals surface area contributed by atoms with Crippen molar-refractivity contribution in [2.45, 2.75) is 13.5 Å². The van der Waals surface area contributed by atoms with Crippen molar-refractivity contribution in [1.82, 2.24) is 10.4 Å². The van der Waals surface area contributed by atoms with Gasteiger partial charge in [-0.3, -0.25) is 4.79 Å². The van der Waals surface area contributed by atoms with E-state index in [0.29, 0.717) is 26.9 Å². The summed E-state index contributed by atoms with van der Waals surface area (Å²) >= 11 is 12.0. The van der Waals surface area contributed by atoms with Gasteiger partial charge in [0.05, 0.1) is 22.9 Å². The highest BCUT2D eigenvalue weighted by molar-refractivity contribution is 6.38. The molecule has 0 atom stereocenters. The lowest BCUT2D eigenvalue weighted by molar-refractivity contribution is -0.123. The summed E-state index contributed by atoms with van der Waals surface area (Å²) in [6, 6.07) is 8.76.